The number of amides is 3. The molecule has 15 heteroatoms. The molecule has 268 valence electrons. The highest BCUT2D eigenvalue weighted by molar-refractivity contribution is 5.94. The number of aromatic nitrogens is 6. The van der Waals surface area contributed by atoms with Crippen molar-refractivity contribution in [2.45, 2.75) is 69.5 Å². The summed E-state index contributed by atoms with van der Waals surface area (Å²) in [6, 6.07) is 18.5. The van der Waals surface area contributed by atoms with E-state index >= 15 is 0 Å². The zero-order valence-electron chi connectivity index (χ0n) is 28.8. The zero-order valence-corrected chi connectivity index (χ0v) is 28.8. The lowest BCUT2D eigenvalue weighted by Gasteiger charge is -2.26. The Morgan fingerprint density at radius 1 is 0.961 bits per heavy atom. The van der Waals surface area contributed by atoms with Crippen LogP contribution in [0.1, 0.15) is 72.5 Å². The van der Waals surface area contributed by atoms with Crippen molar-refractivity contribution in [2.24, 2.45) is 0 Å². The molecule has 2 aromatic carbocycles. The topological polar surface area (TPSA) is 204 Å². The lowest BCUT2D eigenvalue weighted by atomic mass is 9.91. The summed E-state index contributed by atoms with van der Waals surface area (Å²) in [5.41, 5.74) is 2.65. The number of hydrogen-bond donors (Lipinski definition) is 7. The fourth-order valence-corrected chi connectivity index (χ4v) is 6.48. The van der Waals surface area contributed by atoms with Gasteiger partial charge in [-0.05, 0) is 38.3 Å². The van der Waals surface area contributed by atoms with Crippen LogP contribution in [-0.2, 0) is 6.61 Å². The van der Waals surface area contributed by atoms with E-state index in [0.29, 0.717) is 35.6 Å². The van der Waals surface area contributed by atoms with Crippen molar-refractivity contribution < 1.29 is 24.9 Å². The number of aliphatic hydroxyl groups is 3. The number of rotatable bonds is 13. The van der Waals surface area contributed by atoms with Crippen LogP contribution in [0.25, 0.3) is 11.2 Å². The van der Waals surface area contributed by atoms with E-state index in [9.17, 15) is 24.9 Å². The molecule has 6 rings (SSSR count). The van der Waals surface area contributed by atoms with Gasteiger partial charge in [0.05, 0.1) is 36.8 Å². The Labute approximate surface area is 295 Å². The Hall–Kier alpha value is -5.38. The maximum Gasteiger partial charge on any atom is 0.315 e. The summed E-state index contributed by atoms with van der Waals surface area (Å²) < 4.78 is 3.21. The minimum atomic E-state index is -1.21. The molecule has 0 radical (unpaired) electrons. The summed E-state index contributed by atoms with van der Waals surface area (Å²) >= 11 is 0. The minimum Gasteiger partial charge on any atom is -0.392 e. The summed E-state index contributed by atoms with van der Waals surface area (Å²) in [6.07, 6.45) is 2.58. The van der Waals surface area contributed by atoms with Crippen molar-refractivity contribution in [2.75, 3.05) is 25.0 Å². The molecule has 1 fully saturated rings. The Morgan fingerprint density at radius 2 is 1.63 bits per heavy atom. The first-order valence-corrected chi connectivity index (χ1v) is 17.0. The standard InChI is InChI=1S/C36H44N10O5/c1-4-37-35(51)44-36(2,3)20-39-34(50)32-42-31(38-17-25(23-11-7-5-8-12-23)24-13-9-6-10-14-24)28-33(43-32)45(21-40-28)26-15-27(30(49)29(26)48)46-18-22(19-47)16-41-46/h5-14,16,18,21,25-27,29-30,47-49H,4,15,17,19-20H2,1-3H3,(H,39,50)(H2,37,44,51)(H,38,42,43)/t26-,27+,29+,30-/m1/s1. The third-order valence-corrected chi connectivity index (χ3v) is 9.14. The van der Waals surface area contributed by atoms with Gasteiger partial charge in [-0.1, -0.05) is 60.7 Å². The van der Waals surface area contributed by atoms with E-state index in [0.717, 1.165) is 11.1 Å². The number of carbonyl (C=O) groups is 2. The van der Waals surface area contributed by atoms with Crippen LogP contribution >= 0.6 is 0 Å². The molecule has 3 aromatic heterocycles. The largest absolute Gasteiger partial charge is 0.392 e. The molecule has 51 heavy (non-hydrogen) atoms. The number of nitrogens with one attached hydrogen (secondary N) is 4. The van der Waals surface area contributed by atoms with Gasteiger partial charge in [-0.25, -0.2) is 19.7 Å². The van der Waals surface area contributed by atoms with Crippen LogP contribution in [0.15, 0.2) is 79.4 Å². The van der Waals surface area contributed by atoms with Gasteiger partial charge in [0.1, 0.15) is 17.7 Å². The van der Waals surface area contributed by atoms with Gasteiger partial charge >= 0.3 is 6.03 Å². The molecule has 3 amide bonds. The number of hydrogen-bond acceptors (Lipinski definition) is 10. The molecule has 0 unspecified atom stereocenters. The second-order valence-electron chi connectivity index (χ2n) is 13.4. The number of anilines is 1. The van der Waals surface area contributed by atoms with Crippen molar-refractivity contribution in [3.05, 3.63) is 102 Å². The van der Waals surface area contributed by atoms with Gasteiger partial charge in [0.15, 0.2) is 11.5 Å². The smallest absolute Gasteiger partial charge is 0.315 e. The van der Waals surface area contributed by atoms with Crippen molar-refractivity contribution in [3.63, 3.8) is 0 Å². The Balaban J connectivity index is 1.34. The normalized spacial score (nSPS) is 19.0. The fraction of sp³-hybridized carbons (Fsp3) is 0.389. The Kier molecular flexibility index (Phi) is 10.6. The predicted octanol–water partition coefficient (Wildman–Crippen LogP) is 2.49. The second kappa shape index (κ2) is 15.2. The van der Waals surface area contributed by atoms with Crippen LogP contribution in [0, 0.1) is 0 Å². The molecular formula is C36H44N10O5. The minimum absolute atomic E-state index is 0.0663. The van der Waals surface area contributed by atoms with E-state index in [-0.39, 0.29) is 37.3 Å². The first-order chi connectivity index (χ1) is 24.6. The van der Waals surface area contributed by atoms with Crippen LogP contribution in [-0.4, -0.2) is 93.9 Å². The highest BCUT2D eigenvalue weighted by Crippen LogP contribution is 2.40. The van der Waals surface area contributed by atoms with Gasteiger partial charge in [0.2, 0.25) is 5.82 Å². The zero-order chi connectivity index (χ0) is 36.1. The van der Waals surface area contributed by atoms with Gasteiger partial charge in [-0.2, -0.15) is 5.10 Å². The number of benzene rings is 2. The predicted molar refractivity (Wildman–Crippen MR) is 190 cm³/mol. The van der Waals surface area contributed by atoms with Crippen molar-refractivity contribution in [1.82, 2.24) is 45.2 Å². The second-order valence-corrected chi connectivity index (χ2v) is 13.4. The fourth-order valence-electron chi connectivity index (χ4n) is 6.48. The van der Waals surface area contributed by atoms with Crippen LogP contribution < -0.4 is 21.3 Å². The summed E-state index contributed by atoms with van der Waals surface area (Å²) in [4.78, 5) is 39.8. The summed E-state index contributed by atoms with van der Waals surface area (Å²) in [6.45, 7) is 6.15. The van der Waals surface area contributed by atoms with E-state index in [1.165, 1.54) is 12.5 Å². The molecule has 0 aliphatic heterocycles. The summed E-state index contributed by atoms with van der Waals surface area (Å²) in [5.74, 6) is -0.451. The quantitative estimate of drug-likeness (QED) is 0.0958. The average Bonchev–Trinajstić information content (AvgIpc) is 3.85. The van der Waals surface area contributed by atoms with Crippen molar-refractivity contribution in [1.29, 1.82) is 0 Å². The molecule has 0 saturated heterocycles. The maximum absolute atomic E-state index is 13.7. The van der Waals surface area contributed by atoms with Crippen LogP contribution in [0.5, 0.6) is 0 Å². The number of urea groups is 1. The molecule has 3 heterocycles. The van der Waals surface area contributed by atoms with Crippen LogP contribution in [0.4, 0.5) is 10.6 Å². The molecule has 15 nitrogen and oxygen atoms in total. The summed E-state index contributed by atoms with van der Waals surface area (Å²) in [7, 11) is 0. The first-order valence-electron chi connectivity index (χ1n) is 17.0. The molecule has 1 aliphatic carbocycles. The Bertz CT molecular complexity index is 1910. The van der Waals surface area contributed by atoms with Gasteiger partial charge in [0.25, 0.3) is 5.91 Å². The first kappa shape index (κ1) is 35.4. The van der Waals surface area contributed by atoms with Gasteiger partial charge in [-0.15, -0.1) is 0 Å². The maximum atomic E-state index is 13.7. The van der Waals surface area contributed by atoms with E-state index < -0.39 is 35.7 Å². The molecule has 7 N–H and O–H groups in total. The van der Waals surface area contributed by atoms with Gasteiger partial charge < -0.3 is 41.2 Å². The van der Waals surface area contributed by atoms with Gasteiger partial charge in [-0.3, -0.25) is 9.48 Å². The van der Waals surface area contributed by atoms with Crippen LogP contribution in [0.2, 0.25) is 0 Å². The lowest BCUT2D eigenvalue weighted by Crippen LogP contribution is -2.54. The number of imidazole rings is 1. The third-order valence-electron chi connectivity index (χ3n) is 9.14. The molecule has 1 saturated carbocycles. The third kappa shape index (κ3) is 7.85. The molecule has 5 aromatic rings. The van der Waals surface area contributed by atoms with Crippen molar-refractivity contribution >= 4 is 28.9 Å². The highest BCUT2D eigenvalue weighted by Gasteiger charge is 2.44. The highest BCUT2D eigenvalue weighted by atomic mass is 16.3. The average molecular weight is 697 g/mol. The van der Waals surface area contributed by atoms with Crippen LogP contribution in [0.3, 0.4) is 0 Å². The summed E-state index contributed by atoms with van der Waals surface area (Å²) in [5, 5.41) is 48.0. The SMILES string of the molecule is CCNC(=O)NC(C)(C)CNC(=O)c1nc(NCC(c2ccccc2)c2ccccc2)c2ncn([C@@H]3C[C@H](n4cc(CO)cn4)[C@@H](O)[C@H]3O)c2n1. The molecule has 4 atom stereocenters. The number of nitrogens with zero attached hydrogens (tertiary/aromatic N) is 6. The number of carbonyl (C=O) groups excluding carboxylic acids is 2. The van der Waals surface area contributed by atoms with E-state index in [2.05, 4.69) is 65.6 Å². The Morgan fingerprint density at radius 3 is 2.25 bits per heavy atom. The van der Waals surface area contributed by atoms with Gasteiger partial charge in [0, 0.05) is 37.3 Å². The van der Waals surface area contributed by atoms with Crippen molar-refractivity contribution in [3.8, 4) is 0 Å². The van der Waals surface area contributed by atoms with E-state index in [1.54, 1.807) is 29.3 Å². The number of fused-ring (bicyclic) bond motifs is 1. The molecule has 0 spiro atoms. The monoisotopic (exact) mass is 696 g/mol. The molecule has 0 bridgehead atoms. The van der Waals surface area contributed by atoms with E-state index in [1.807, 2.05) is 43.3 Å². The molecular weight excluding hydrogens is 652 g/mol. The lowest BCUT2D eigenvalue weighted by molar-refractivity contribution is 0.00720. The number of aliphatic hydroxyl groups excluding tert-OH is 3. The van der Waals surface area contributed by atoms with E-state index in [4.69, 9.17) is 0 Å². The molecule has 1 aliphatic rings.